The number of nitrogens with one attached hydrogen (secondary N) is 3. The first kappa shape index (κ1) is 57.1. The van der Waals surface area contributed by atoms with Crippen molar-refractivity contribution in [2.24, 2.45) is 17.3 Å². The van der Waals surface area contributed by atoms with E-state index in [-0.39, 0.29) is 28.6 Å². The van der Waals surface area contributed by atoms with Gasteiger partial charge < -0.3 is 49.1 Å². The summed E-state index contributed by atoms with van der Waals surface area (Å²) in [4.78, 5) is 48.8. The Labute approximate surface area is 496 Å². The number of benzene rings is 3. The van der Waals surface area contributed by atoms with Crippen LogP contribution in [0.2, 0.25) is 0 Å². The Morgan fingerprint density at radius 2 is 1.69 bits per heavy atom. The lowest BCUT2D eigenvalue weighted by molar-refractivity contribution is -0.384. The number of ether oxygens (including phenoxy) is 4. The number of piperidine rings is 2. The number of H-pyrrole nitrogens is 1. The van der Waals surface area contributed by atoms with Crippen molar-refractivity contribution in [3.8, 4) is 11.6 Å². The summed E-state index contributed by atoms with van der Waals surface area (Å²) in [7, 11) is -2.91. The highest BCUT2D eigenvalue weighted by Gasteiger charge is 2.50. The van der Waals surface area contributed by atoms with Crippen LogP contribution in [-0.4, -0.2) is 141 Å². The van der Waals surface area contributed by atoms with E-state index < -0.39 is 43.1 Å². The molecule has 4 atom stereocenters. The smallest absolute Gasteiger partial charge is 0.293 e. The van der Waals surface area contributed by atoms with Crippen molar-refractivity contribution in [1.82, 2.24) is 24.6 Å². The third kappa shape index (κ3) is 11.6. The van der Waals surface area contributed by atoms with E-state index in [0.717, 1.165) is 119 Å². The lowest BCUT2D eigenvalue weighted by atomic mass is 9.59. The second kappa shape index (κ2) is 23.3. The Morgan fingerprint density at radius 1 is 0.894 bits per heavy atom. The van der Waals surface area contributed by atoms with Gasteiger partial charge in [-0.15, -0.1) is 0 Å². The molecule has 13 rings (SSSR count). The number of nitro groups is 1. The molecular formula is C64H78N10O10S. The van der Waals surface area contributed by atoms with Gasteiger partial charge >= 0.3 is 0 Å². The fraction of sp³-hybridized carbons (Fsp3) is 0.516. The van der Waals surface area contributed by atoms with Crippen LogP contribution in [0.5, 0.6) is 11.6 Å². The molecule has 4 N–H and O–H groups in total. The number of anilines is 5. The fourth-order valence-corrected chi connectivity index (χ4v) is 15.9. The van der Waals surface area contributed by atoms with Crippen LogP contribution in [0.25, 0.3) is 11.0 Å². The number of carbonyl (C=O) groups excluding carboxylic acids is 1. The quantitative estimate of drug-likeness (QED) is 0.0554. The standard InChI is InChI=1S/C64H78N10O10S/c1-41-6-4-5-7-49(41)53-31-43(30-44-32-57(81-3)60(67-39-44)71-25-28-82-29-26-71)15-22-72(53)47-36-64(37-47)19-23-70(24-20-64)46-8-10-50(54(34-46)73-52-16-27-83-40-58(52)84-62-56(73)33-45-14-21-65-59(45)68-62)61(75)69-85(79,80)48-9-11-51(55(35-48)74(77)78)66-38-42-12-17-63(2,76)18-13-42/h4-11,14,21,32-35,39,42-43,47,52-53,58,66,76H,12-13,15-20,22-31,36-38,40H2,1-3H3,(H,65,68)(H,69,75)/t42-,43-,52-,53-,58-,63-/m0/s1. The minimum absolute atomic E-state index is 0.110. The maximum absolute atomic E-state index is 14.9. The number of nitrogens with zero attached hydrogens (tertiary/aromatic N) is 7. The van der Waals surface area contributed by atoms with Crippen LogP contribution in [0.1, 0.15) is 111 Å². The first-order valence-electron chi connectivity index (χ1n) is 30.5. The number of nitro benzene ring substituents is 1. The molecule has 2 saturated carbocycles. The molecule has 21 heteroatoms. The SMILES string of the molecule is COc1cc(C[C@@H]2CCN(C3CC4(CCN(c5ccc(C(=O)NS(=O)(=O)c6ccc(NC[C@H]7CC[C@](C)(O)CC7)c([N+](=O)[O-])c6)c(N6c7cc8cc[nH]c8nc7O[C@H]7COCC[C@@H]76)c5)CC4)C3)[C@H](c3ccccc3C)C2)cnc1N1CCOCC1. The maximum atomic E-state index is 14.9. The van der Waals surface area contributed by atoms with Crippen LogP contribution >= 0.6 is 0 Å². The van der Waals surface area contributed by atoms with E-state index in [1.165, 1.54) is 28.8 Å². The number of sulfonamides is 1. The number of morpholine rings is 1. The molecule has 0 unspecified atom stereocenters. The molecule has 3 aromatic carbocycles. The molecule has 7 aliphatic rings. The van der Waals surface area contributed by atoms with Crippen LogP contribution < -0.4 is 34.2 Å². The Hall–Kier alpha value is -7.04. The van der Waals surface area contributed by atoms with Gasteiger partial charge in [-0.3, -0.25) is 19.8 Å². The third-order valence-electron chi connectivity index (χ3n) is 19.8. The summed E-state index contributed by atoms with van der Waals surface area (Å²) in [5.74, 6) is 1.89. The van der Waals surface area contributed by atoms with Crippen molar-refractivity contribution in [2.45, 2.75) is 126 Å². The summed E-state index contributed by atoms with van der Waals surface area (Å²) < 4.78 is 54.9. The molecule has 450 valence electrons. The molecule has 3 aromatic heterocycles. The van der Waals surface area contributed by atoms with Crippen LogP contribution in [0.15, 0.2) is 96.2 Å². The molecule has 4 saturated heterocycles. The predicted molar refractivity (Wildman–Crippen MR) is 325 cm³/mol. The van der Waals surface area contributed by atoms with Crippen LogP contribution in [0.4, 0.5) is 34.3 Å². The average Bonchev–Trinajstić information content (AvgIpc) is 1.90. The molecule has 1 spiro atoms. The molecule has 2 aliphatic carbocycles. The fourth-order valence-electron chi connectivity index (χ4n) is 14.9. The van der Waals surface area contributed by atoms with Crippen molar-refractivity contribution < 1.29 is 42.2 Å². The minimum Gasteiger partial charge on any atom is -0.493 e. The van der Waals surface area contributed by atoms with Gasteiger partial charge in [-0.05, 0) is 180 Å². The van der Waals surface area contributed by atoms with Gasteiger partial charge in [0.15, 0.2) is 11.6 Å². The number of fused-ring (bicyclic) bond motifs is 3. The predicted octanol–water partition coefficient (Wildman–Crippen LogP) is 9.62. The molecule has 6 aromatic rings. The lowest BCUT2D eigenvalue weighted by Crippen LogP contribution is -2.57. The molecule has 1 amide bonds. The van der Waals surface area contributed by atoms with E-state index in [0.29, 0.717) is 93.1 Å². The second-order valence-corrected chi connectivity index (χ2v) is 27.0. The van der Waals surface area contributed by atoms with Crippen molar-refractivity contribution in [2.75, 3.05) is 92.8 Å². The van der Waals surface area contributed by atoms with Crippen molar-refractivity contribution >= 4 is 61.2 Å². The van der Waals surface area contributed by atoms with Gasteiger partial charge in [-0.25, -0.2) is 18.1 Å². The zero-order chi connectivity index (χ0) is 58.6. The number of aromatic nitrogens is 3. The van der Waals surface area contributed by atoms with Crippen molar-refractivity contribution in [3.63, 3.8) is 0 Å². The number of likely N-dealkylation sites (tertiary alicyclic amines) is 1. The Balaban J connectivity index is 0.736. The number of methoxy groups -OCH3 is 1. The Bertz CT molecular complexity index is 3570. The molecule has 0 bridgehead atoms. The van der Waals surface area contributed by atoms with Crippen molar-refractivity contribution in [3.05, 3.63) is 124 Å². The van der Waals surface area contributed by atoms with Gasteiger partial charge in [0.25, 0.3) is 21.6 Å². The summed E-state index contributed by atoms with van der Waals surface area (Å²) >= 11 is 0. The first-order chi connectivity index (χ1) is 41.1. The zero-order valence-corrected chi connectivity index (χ0v) is 49.7. The maximum Gasteiger partial charge on any atom is 0.293 e. The topological polar surface area (TPSA) is 230 Å². The molecule has 85 heavy (non-hydrogen) atoms. The Kier molecular flexibility index (Phi) is 15.7. The van der Waals surface area contributed by atoms with E-state index in [2.05, 4.69) is 78.1 Å². The summed E-state index contributed by atoms with van der Waals surface area (Å²) in [6, 6.07) is 24.8. The summed E-state index contributed by atoms with van der Waals surface area (Å²) in [5, 5.41) is 26.9. The number of rotatable bonds is 15. The number of aromatic amines is 1. The number of amides is 1. The highest BCUT2D eigenvalue weighted by Crippen LogP contribution is 2.55. The second-order valence-electron chi connectivity index (χ2n) is 25.3. The van der Waals surface area contributed by atoms with Gasteiger partial charge in [0.1, 0.15) is 23.1 Å². The van der Waals surface area contributed by atoms with Gasteiger partial charge in [0.05, 0.1) is 59.6 Å². The highest BCUT2D eigenvalue weighted by atomic mass is 32.2. The van der Waals surface area contributed by atoms with Crippen molar-refractivity contribution in [1.29, 1.82) is 0 Å². The highest BCUT2D eigenvalue weighted by molar-refractivity contribution is 7.90. The minimum atomic E-state index is -4.64. The number of carbonyl (C=O) groups is 1. The van der Waals surface area contributed by atoms with E-state index >= 15 is 0 Å². The Morgan fingerprint density at radius 3 is 2.47 bits per heavy atom. The largest absolute Gasteiger partial charge is 0.493 e. The molecule has 5 aliphatic heterocycles. The van der Waals surface area contributed by atoms with Crippen LogP contribution in [-0.2, 0) is 25.9 Å². The van der Waals surface area contributed by atoms with Crippen LogP contribution in [0, 0.1) is 34.3 Å². The number of hydrogen-bond acceptors (Lipinski definition) is 17. The van der Waals surface area contributed by atoms with Gasteiger partial charge in [-0.2, -0.15) is 4.98 Å². The van der Waals surface area contributed by atoms with Gasteiger partial charge in [-0.1, -0.05) is 24.3 Å². The van der Waals surface area contributed by atoms with Crippen LogP contribution in [0.3, 0.4) is 0 Å². The molecular weight excluding hydrogens is 1100 g/mol. The monoisotopic (exact) mass is 1180 g/mol. The number of aliphatic hydroxyl groups is 1. The summed E-state index contributed by atoms with van der Waals surface area (Å²) in [5.41, 5.74) is 6.00. The van der Waals surface area contributed by atoms with Gasteiger partial charge in [0, 0.05) is 80.9 Å². The van der Waals surface area contributed by atoms with E-state index in [1.807, 2.05) is 37.4 Å². The lowest BCUT2D eigenvalue weighted by Gasteiger charge is -2.58. The molecule has 8 heterocycles. The number of pyridine rings is 2. The molecule has 6 fully saturated rings. The molecule has 20 nitrogen and oxygen atoms in total. The first-order valence-corrected chi connectivity index (χ1v) is 32.0. The molecule has 0 radical (unpaired) electrons. The van der Waals surface area contributed by atoms with E-state index in [4.69, 9.17) is 28.9 Å². The van der Waals surface area contributed by atoms with Gasteiger partial charge in [0.2, 0.25) is 5.88 Å². The summed E-state index contributed by atoms with van der Waals surface area (Å²) in [6.07, 6.45) is 14.2. The third-order valence-corrected chi connectivity index (χ3v) is 21.1. The number of hydrogen-bond donors (Lipinski definition) is 4. The van der Waals surface area contributed by atoms with E-state index in [9.17, 15) is 28.4 Å². The zero-order valence-electron chi connectivity index (χ0n) is 48.8. The van der Waals surface area contributed by atoms with E-state index in [1.54, 1.807) is 13.2 Å². The normalized spacial score (nSPS) is 25.4. The average molecular weight is 1180 g/mol. The summed E-state index contributed by atoms with van der Waals surface area (Å²) in [6.45, 7) is 10.9. The number of aryl methyl sites for hydroxylation is 1.